The van der Waals surface area contributed by atoms with Crippen molar-refractivity contribution in [3.05, 3.63) is 89.6 Å². The van der Waals surface area contributed by atoms with Gasteiger partial charge >= 0.3 is 0 Å². The van der Waals surface area contributed by atoms with E-state index in [1.165, 1.54) is 0 Å². The van der Waals surface area contributed by atoms with Crippen LogP contribution in [0.2, 0.25) is 0 Å². The second-order valence-corrected chi connectivity index (χ2v) is 8.35. The van der Waals surface area contributed by atoms with Crippen LogP contribution < -0.4 is 5.32 Å². The van der Waals surface area contributed by atoms with Crippen molar-refractivity contribution in [1.29, 1.82) is 0 Å². The average molecular weight is 440 g/mol. The van der Waals surface area contributed by atoms with Crippen molar-refractivity contribution in [3.8, 4) is 11.1 Å². The largest absolute Gasteiger partial charge is 0.356 e. The number of rotatable bonds is 7. The third-order valence-corrected chi connectivity index (χ3v) is 6.08. The molecular formula is C27H25N3O3. The van der Waals surface area contributed by atoms with Gasteiger partial charge in [0.15, 0.2) is 5.58 Å². The standard InChI is InChI=1S/C27H25N3O3/c31-26(16-24-23-8-3-4-9-25(23)33-29-24)28-17-21-6-1-2-7-22(21)20-13-11-19(12-14-20)18-30-15-5-10-27(30)32/h1-4,6-9,11-14H,5,10,15-18H2,(H,28,31). The Labute approximate surface area is 192 Å². The molecular weight excluding hydrogens is 414 g/mol. The average Bonchev–Trinajstić information content (AvgIpc) is 3.44. The molecule has 2 amide bonds. The summed E-state index contributed by atoms with van der Waals surface area (Å²) in [5.74, 6) is 0.133. The summed E-state index contributed by atoms with van der Waals surface area (Å²) in [6, 6.07) is 23.9. The first-order valence-corrected chi connectivity index (χ1v) is 11.2. The van der Waals surface area contributed by atoms with E-state index in [1.807, 2.05) is 47.4 Å². The van der Waals surface area contributed by atoms with Crippen molar-refractivity contribution in [3.63, 3.8) is 0 Å². The highest BCUT2D eigenvalue weighted by molar-refractivity contribution is 5.86. The number of para-hydroxylation sites is 1. The molecule has 0 spiro atoms. The Hall–Kier alpha value is -3.93. The van der Waals surface area contributed by atoms with Gasteiger partial charge in [-0.2, -0.15) is 0 Å². The van der Waals surface area contributed by atoms with Gasteiger partial charge in [-0.1, -0.05) is 65.8 Å². The number of aromatic nitrogens is 1. The zero-order valence-electron chi connectivity index (χ0n) is 18.3. The van der Waals surface area contributed by atoms with Gasteiger partial charge in [0.05, 0.1) is 6.42 Å². The second kappa shape index (κ2) is 9.28. The molecule has 1 aliphatic rings. The van der Waals surface area contributed by atoms with Gasteiger partial charge < -0.3 is 14.7 Å². The van der Waals surface area contributed by atoms with Crippen LogP contribution in [-0.4, -0.2) is 28.4 Å². The molecule has 0 unspecified atom stereocenters. The van der Waals surface area contributed by atoms with Crippen LogP contribution in [0.4, 0.5) is 0 Å². The molecule has 2 heterocycles. The van der Waals surface area contributed by atoms with Crippen molar-refractivity contribution in [2.24, 2.45) is 0 Å². The van der Waals surface area contributed by atoms with E-state index >= 15 is 0 Å². The van der Waals surface area contributed by atoms with Crippen LogP contribution in [0.5, 0.6) is 0 Å². The fourth-order valence-electron chi connectivity index (χ4n) is 4.31. The van der Waals surface area contributed by atoms with E-state index < -0.39 is 0 Å². The first-order valence-electron chi connectivity index (χ1n) is 11.2. The molecule has 0 radical (unpaired) electrons. The molecule has 4 aromatic rings. The lowest BCUT2D eigenvalue weighted by Gasteiger charge is -2.16. The van der Waals surface area contributed by atoms with Gasteiger partial charge in [-0.25, -0.2) is 0 Å². The highest BCUT2D eigenvalue weighted by Gasteiger charge is 2.20. The quantitative estimate of drug-likeness (QED) is 0.461. The van der Waals surface area contributed by atoms with Gasteiger partial charge in [-0.3, -0.25) is 9.59 Å². The first kappa shape index (κ1) is 20.9. The van der Waals surface area contributed by atoms with Crippen LogP contribution in [0.1, 0.15) is 29.7 Å². The number of nitrogens with zero attached hydrogens (tertiary/aromatic N) is 2. The van der Waals surface area contributed by atoms with Crippen molar-refractivity contribution in [1.82, 2.24) is 15.4 Å². The highest BCUT2D eigenvalue weighted by atomic mass is 16.5. The van der Waals surface area contributed by atoms with Crippen LogP contribution in [0.25, 0.3) is 22.1 Å². The Balaban J connectivity index is 1.25. The minimum atomic E-state index is -0.102. The first-order chi connectivity index (χ1) is 16.2. The number of hydrogen-bond donors (Lipinski definition) is 1. The van der Waals surface area contributed by atoms with Crippen LogP contribution in [0, 0.1) is 0 Å². The van der Waals surface area contributed by atoms with Gasteiger partial charge in [0.1, 0.15) is 5.69 Å². The summed E-state index contributed by atoms with van der Waals surface area (Å²) < 4.78 is 5.30. The van der Waals surface area contributed by atoms with Gasteiger partial charge in [0.2, 0.25) is 11.8 Å². The van der Waals surface area contributed by atoms with Crippen molar-refractivity contribution in [2.75, 3.05) is 6.54 Å². The maximum absolute atomic E-state index is 12.6. The summed E-state index contributed by atoms with van der Waals surface area (Å²) in [6.45, 7) is 1.93. The van der Waals surface area contributed by atoms with Crippen LogP contribution in [0.3, 0.4) is 0 Å². The number of hydrogen-bond acceptors (Lipinski definition) is 4. The third kappa shape index (κ3) is 4.65. The van der Waals surface area contributed by atoms with Crippen molar-refractivity contribution >= 4 is 22.8 Å². The summed E-state index contributed by atoms with van der Waals surface area (Å²) in [7, 11) is 0. The number of carbonyl (C=O) groups excluding carboxylic acids is 2. The Morgan fingerprint density at radius 1 is 1.00 bits per heavy atom. The maximum Gasteiger partial charge on any atom is 0.226 e. The predicted octanol–water partition coefficient (Wildman–Crippen LogP) is 4.48. The Bertz CT molecular complexity index is 1290. The molecule has 0 aliphatic carbocycles. The molecule has 3 aromatic carbocycles. The van der Waals surface area contributed by atoms with Crippen LogP contribution >= 0.6 is 0 Å². The molecule has 6 nitrogen and oxygen atoms in total. The van der Waals surface area contributed by atoms with E-state index in [0.717, 1.165) is 40.6 Å². The number of nitrogens with one attached hydrogen (secondary N) is 1. The monoisotopic (exact) mass is 439 g/mol. The summed E-state index contributed by atoms with van der Waals surface area (Å²) in [6.07, 6.45) is 1.77. The molecule has 0 atom stereocenters. The summed E-state index contributed by atoms with van der Waals surface area (Å²) >= 11 is 0. The normalized spacial score (nSPS) is 13.6. The Morgan fingerprint density at radius 3 is 2.61 bits per heavy atom. The fourth-order valence-corrected chi connectivity index (χ4v) is 4.31. The number of amides is 2. The number of fused-ring (bicyclic) bond motifs is 1. The summed E-state index contributed by atoms with van der Waals surface area (Å²) in [4.78, 5) is 26.4. The molecule has 1 N–H and O–H groups in total. The van der Waals surface area contributed by atoms with Gasteiger partial charge in [0.25, 0.3) is 0 Å². The van der Waals surface area contributed by atoms with Gasteiger partial charge in [-0.05, 0) is 40.8 Å². The van der Waals surface area contributed by atoms with E-state index in [0.29, 0.717) is 30.8 Å². The highest BCUT2D eigenvalue weighted by Crippen LogP contribution is 2.25. The number of carbonyl (C=O) groups is 2. The molecule has 0 saturated carbocycles. The molecule has 0 bridgehead atoms. The van der Waals surface area contributed by atoms with E-state index in [2.05, 4.69) is 40.8 Å². The van der Waals surface area contributed by atoms with Gasteiger partial charge in [0, 0.05) is 31.4 Å². The van der Waals surface area contributed by atoms with Crippen LogP contribution in [-0.2, 0) is 29.1 Å². The minimum Gasteiger partial charge on any atom is -0.356 e. The van der Waals surface area contributed by atoms with E-state index in [9.17, 15) is 9.59 Å². The van der Waals surface area contributed by atoms with Crippen LogP contribution in [0.15, 0.2) is 77.3 Å². The number of likely N-dealkylation sites (tertiary alicyclic amines) is 1. The molecule has 1 aromatic heterocycles. The molecule has 33 heavy (non-hydrogen) atoms. The molecule has 1 aliphatic heterocycles. The second-order valence-electron chi connectivity index (χ2n) is 8.35. The van der Waals surface area contributed by atoms with Gasteiger partial charge in [-0.15, -0.1) is 0 Å². The lowest BCUT2D eigenvalue weighted by atomic mass is 9.98. The van der Waals surface area contributed by atoms with E-state index in [1.54, 1.807) is 0 Å². The summed E-state index contributed by atoms with van der Waals surface area (Å²) in [5, 5.41) is 7.92. The lowest BCUT2D eigenvalue weighted by Crippen LogP contribution is -2.25. The Kier molecular flexibility index (Phi) is 5.89. The molecule has 1 saturated heterocycles. The minimum absolute atomic E-state index is 0.102. The topological polar surface area (TPSA) is 75.4 Å². The zero-order valence-corrected chi connectivity index (χ0v) is 18.3. The molecule has 166 valence electrons. The number of benzene rings is 3. The van der Waals surface area contributed by atoms with E-state index in [-0.39, 0.29) is 18.2 Å². The fraction of sp³-hybridized carbons (Fsp3) is 0.222. The lowest BCUT2D eigenvalue weighted by molar-refractivity contribution is -0.128. The SMILES string of the molecule is O=C(Cc1noc2ccccc12)NCc1ccccc1-c1ccc(CN2CCCC2=O)cc1. The molecule has 1 fully saturated rings. The van der Waals surface area contributed by atoms with E-state index in [4.69, 9.17) is 4.52 Å². The predicted molar refractivity (Wildman–Crippen MR) is 126 cm³/mol. The van der Waals surface area contributed by atoms with Crippen molar-refractivity contribution < 1.29 is 14.1 Å². The zero-order chi connectivity index (χ0) is 22.6. The van der Waals surface area contributed by atoms with Crippen molar-refractivity contribution in [2.45, 2.75) is 32.4 Å². The Morgan fingerprint density at radius 2 is 1.79 bits per heavy atom. The third-order valence-electron chi connectivity index (χ3n) is 6.08. The summed E-state index contributed by atoms with van der Waals surface area (Å²) in [5.41, 5.74) is 5.65. The maximum atomic E-state index is 12.6. The molecule has 5 rings (SSSR count). The molecule has 6 heteroatoms. The smallest absolute Gasteiger partial charge is 0.226 e.